The second-order valence-electron chi connectivity index (χ2n) is 6.84. The summed E-state index contributed by atoms with van der Waals surface area (Å²) in [6.45, 7) is 0.421. The molecule has 0 atom stereocenters. The van der Waals surface area contributed by atoms with Crippen LogP contribution in [0.4, 0.5) is 11.4 Å². The summed E-state index contributed by atoms with van der Waals surface area (Å²) < 4.78 is 0. The van der Waals surface area contributed by atoms with E-state index in [2.05, 4.69) is 0 Å². The molecule has 0 spiro atoms. The van der Waals surface area contributed by atoms with Crippen molar-refractivity contribution in [3.8, 4) is 0 Å². The lowest BCUT2D eigenvalue weighted by Crippen LogP contribution is -2.33. The minimum absolute atomic E-state index is 0.211. The number of fused-ring (bicyclic) bond motifs is 2. The monoisotopic (exact) mass is 378 g/mol. The van der Waals surface area contributed by atoms with Crippen molar-refractivity contribution >= 4 is 35.0 Å². The first kappa shape index (κ1) is 17.7. The van der Waals surface area contributed by atoms with Gasteiger partial charge in [-0.25, -0.2) is 0 Å². The van der Waals surface area contributed by atoms with Crippen LogP contribution in [0.1, 0.15) is 54.3 Å². The number of carbonyl (C=O) groups is 4. The smallest absolute Gasteiger partial charge is 0.261 e. The van der Waals surface area contributed by atoms with E-state index in [0.717, 1.165) is 0 Å². The third-order valence-corrected chi connectivity index (χ3v) is 5.00. The number of carbonyl (C=O) groups excluding carboxylic acids is 4. The van der Waals surface area contributed by atoms with Crippen molar-refractivity contribution in [2.45, 2.75) is 12.8 Å². The summed E-state index contributed by atoms with van der Waals surface area (Å²) in [7, 11) is 0. The molecule has 2 aromatic rings. The molecule has 0 aromatic heterocycles. The first-order chi connectivity index (χ1) is 13.4. The molecule has 142 valence electrons. The Morgan fingerprint density at radius 3 is 1.32 bits per heavy atom. The Kier molecular flexibility index (Phi) is 4.11. The van der Waals surface area contributed by atoms with Crippen molar-refractivity contribution in [3.05, 3.63) is 58.7 Å². The second kappa shape index (κ2) is 6.49. The number of unbranched alkanes of at least 4 members (excludes halogenated alkanes) is 1. The number of nitrogens with two attached hydrogens (primary N) is 2. The van der Waals surface area contributed by atoms with E-state index in [4.69, 9.17) is 11.5 Å². The zero-order chi connectivity index (χ0) is 20.0. The highest BCUT2D eigenvalue weighted by atomic mass is 16.2. The van der Waals surface area contributed by atoms with E-state index < -0.39 is 0 Å². The van der Waals surface area contributed by atoms with Gasteiger partial charge in [-0.1, -0.05) is 0 Å². The summed E-state index contributed by atoms with van der Waals surface area (Å²) in [4.78, 5) is 51.9. The molecule has 2 heterocycles. The Hall–Kier alpha value is -3.68. The second-order valence-corrected chi connectivity index (χ2v) is 6.84. The molecule has 0 radical (unpaired) electrons. The highest BCUT2D eigenvalue weighted by Gasteiger charge is 2.36. The van der Waals surface area contributed by atoms with Gasteiger partial charge in [0.15, 0.2) is 0 Å². The van der Waals surface area contributed by atoms with Crippen molar-refractivity contribution in [1.82, 2.24) is 9.80 Å². The van der Waals surface area contributed by atoms with E-state index >= 15 is 0 Å². The summed E-state index contributed by atoms with van der Waals surface area (Å²) in [5.41, 5.74) is 13.5. The van der Waals surface area contributed by atoms with Crippen LogP contribution >= 0.6 is 0 Å². The zero-order valence-electron chi connectivity index (χ0n) is 15.0. The summed E-state index contributed by atoms with van der Waals surface area (Å²) in [5, 5.41) is 0. The molecule has 2 aromatic carbocycles. The molecule has 0 bridgehead atoms. The average Bonchev–Trinajstić information content (AvgIpc) is 3.04. The predicted molar refractivity (Wildman–Crippen MR) is 102 cm³/mol. The Morgan fingerprint density at radius 2 is 0.929 bits per heavy atom. The number of rotatable bonds is 5. The van der Waals surface area contributed by atoms with Crippen LogP contribution < -0.4 is 11.5 Å². The lowest BCUT2D eigenvalue weighted by atomic mass is 10.1. The third kappa shape index (κ3) is 2.70. The Bertz CT molecular complexity index is 963. The summed E-state index contributed by atoms with van der Waals surface area (Å²) in [6.07, 6.45) is 0.937. The number of nitrogen functional groups attached to an aromatic ring is 2. The molecule has 4 N–H and O–H groups in total. The Balaban J connectivity index is 1.36. The summed E-state index contributed by atoms with van der Waals surface area (Å²) in [6, 6.07) is 9.27. The predicted octanol–water partition coefficient (Wildman–Crippen LogP) is 1.52. The van der Waals surface area contributed by atoms with Crippen molar-refractivity contribution in [1.29, 1.82) is 0 Å². The summed E-state index contributed by atoms with van der Waals surface area (Å²) >= 11 is 0. The van der Waals surface area contributed by atoms with Gasteiger partial charge in [0, 0.05) is 24.5 Å². The van der Waals surface area contributed by atoms with Crippen LogP contribution in [0, 0.1) is 0 Å². The Morgan fingerprint density at radius 1 is 0.571 bits per heavy atom. The molecule has 0 aliphatic carbocycles. The molecule has 8 nitrogen and oxygen atoms in total. The number of benzene rings is 2. The van der Waals surface area contributed by atoms with Crippen LogP contribution in [0.2, 0.25) is 0 Å². The zero-order valence-corrected chi connectivity index (χ0v) is 15.0. The highest BCUT2D eigenvalue weighted by molar-refractivity contribution is 6.22. The number of anilines is 2. The van der Waals surface area contributed by atoms with Crippen molar-refractivity contribution < 1.29 is 19.2 Å². The number of nitrogens with zero attached hydrogens (tertiary/aromatic N) is 2. The van der Waals surface area contributed by atoms with E-state index in [1.165, 1.54) is 21.9 Å². The average molecular weight is 378 g/mol. The Labute approximate surface area is 160 Å². The van der Waals surface area contributed by atoms with Crippen LogP contribution in [0.15, 0.2) is 36.4 Å². The fraction of sp³-hybridized carbons (Fsp3) is 0.200. The van der Waals surface area contributed by atoms with Crippen LogP contribution in [0.25, 0.3) is 0 Å². The van der Waals surface area contributed by atoms with Gasteiger partial charge in [0.1, 0.15) is 0 Å². The van der Waals surface area contributed by atoms with Crippen molar-refractivity contribution in [3.63, 3.8) is 0 Å². The van der Waals surface area contributed by atoms with Gasteiger partial charge < -0.3 is 11.5 Å². The fourth-order valence-electron chi connectivity index (χ4n) is 3.56. The molecule has 28 heavy (non-hydrogen) atoms. The van der Waals surface area contributed by atoms with Crippen molar-refractivity contribution in [2.24, 2.45) is 0 Å². The quantitative estimate of drug-likeness (QED) is 0.461. The maximum absolute atomic E-state index is 12.4. The summed E-state index contributed by atoms with van der Waals surface area (Å²) in [5.74, 6) is -1.44. The van der Waals surface area contributed by atoms with E-state index in [0.29, 0.717) is 46.5 Å². The van der Waals surface area contributed by atoms with E-state index in [1.807, 2.05) is 0 Å². The highest BCUT2D eigenvalue weighted by Crippen LogP contribution is 2.27. The van der Waals surface area contributed by atoms with Crippen LogP contribution in [0.3, 0.4) is 0 Å². The lowest BCUT2D eigenvalue weighted by molar-refractivity contribution is 0.0615. The van der Waals surface area contributed by atoms with Gasteiger partial charge in [-0.05, 0) is 49.2 Å². The standard InChI is InChI=1S/C20H18N4O4/c21-11-3-5-13-15(9-11)19(27)23(17(13)25)7-1-2-8-24-18(26)14-6-4-12(22)10-16(14)20(24)28/h3-6,9-10H,1-2,7-8,21-22H2. The maximum Gasteiger partial charge on any atom is 0.261 e. The molecular formula is C20H18N4O4. The van der Waals surface area contributed by atoms with Gasteiger partial charge in [-0.3, -0.25) is 29.0 Å². The molecule has 8 heteroatoms. The fourth-order valence-corrected chi connectivity index (χ4v) is 3.56. The molecule has 4 rings (SSSR count). The van der Waals surface area contributed by atoms with Gasteiger partial charge in [0.2, 0.25) is 0 Å². The third-order valence-electron chi connectivity index (χ3n) is 5.00. The van der Waals surface area contributed by atoms with Gasteiger partial charge in [-0.2, -0.15) is 0 Å². The minimum Gasteiger partial charge on any atom is -0.399 e. The first-order valence-electron chi connectivity index (χ1n) is 8.90. The van der Waals surface area contributed by atoms with Gasteiger partial charge >= 0.3 is 0 Å². The molecule has 4 amide bonds. The molecule has 0 saturated heterocycles. The molecular weight excluding hydrogens is 360 g/mol. The van der Waals surface area contributed by atoms with Gasteiger partial charge in [-0.15, -0.1) is 0 Å². The number of amides is 4. The van der Waals surface area contributed by atoms with Crippen LogP contribution in [0.5, 0.6) is 0 Å². The van der Waals surface area contributed by atoms with Gasteiger partial charge in [0.05, 0.1) is 22.3 Å². The molecule has 2 aliphatic heterocycles. The number of imide groups is 2. The maximum atomic E-state index is 12.4. The lowest BCUT2D eigenvalue weighted by Gasteiger charge is -2.16. The van der Waals surface area contributed by atoms with Gasteiger partial charge in [0.25, 0.3) is 23.6 Å². The topological polar surface area (TPSA) is 127 Å². The molecule has 0 unspecified atom stereocenters. The van der Waals surface area contributed by atoms with Crippen LogP contribution in [-0.4, -0.2) is 46.5 Å². The number of hydrogen-bond acceptors (Lipinski definition) is 6. The van der Waals surface area contributed by atoms with Crippen LogP contribution in [-0.2, 0) is 0 Å². The van der Waals surface area contributed by atoms with Crippen molar-refractivity contribution in [2.75, 3.05) is 24.6 Å². The first-order valence-corrected chi connectivity index (χ1v) is 8.90. The van der Waals surface area contributed by atoms with E-state index in [9.17, 15) is 19.2 Å². The number of hydrogen-bond donors (Lipinski definition) is 2. The largest absolute Gasteiger partial charge is 0.399 e. The normalized spacial score (nSPS) is 15.4. The minimum atomic E-state index is -0.372. The molecule has 2 aliphatic rings. The molecule has 0 fully saturated rings. The molecule has 0 saturated carbocycles. The SMILES string of the molecule is Nc1ccc2c(c1)C(=O)N(CCCCN1C(=O)c3ccc(N)cc3C1=O)C2=O. The van der Waals surface area contributed by atoms with E-state index in [-0.39, 0.29) is 36.7 Å². The van der Waals surface area contributed by atoms with E-state index in [1.54, 1.807) is 24.3 Å².